The molecule has 1 N–H and O–H groups in total. The Balaban J connectivity index is 2.35. The number of nitriles is 2. The van der Waals surface area contributed by atoms with E-state index >= 15 is 0 Å². The zero-order valence-corrected chi connectivity index (χ0v) is 12.4. The molecule has 1 atom stereocenters. The Hall–Kier alpha value is -1.50. The predicted octanol–water partition coefficient (Wildman–Crippen LogP) is 1.41. The first-order valence-electron chi connectivity index (χ1n) is 6.85. The largest absolute Gasteiger partial charge is 0.319 e. The summed E-state index contributed by atoms with van der Waals surface area (Å²) in [7, 11) is 0. The number of hydrogen-bond donors (Lipinski definition) is 2. The number of allylic oxidation sites excluding steroid dienone is 1. The number of carbonyl (C=O) groups excluding carboxylic acids is 1. The van der Waals surface area contributed by atoms with Gasteiger partial charge >= 0.3 is 0 Å². The molecule has 6 heteroatoms. The second-order valence-electron chi connectivity index (χ2n) is 5.38. The van der Waals surface area contributed by atoms with Crippen molar-refractivity contribution in [1.29, 1.82) is 10.5 Å². The summed E-state index contributed by atoms with van der Waals surface area (Å²) in [6.07, 6.45) is 2.39. The molecule has 0 bridgehead atoms. The lowest BCUT2D eigenvalue weighted by Gasteiger charge is -2.45. The number of carbonyl (C=O) groups is 1. The van der Waals surface area contributed by atoms with Gasteiger partial charge in [0.15, 0.2) is 0 Å². The van der Waals surface area contributed by atoms with Crippen molar-refractivity contribution in [2.24, 2.45) is 11.3 Å². The van der Waals surface area contributed by atoms with Gasteiger partial charge in [-0.05, 0) is 38.9 Å². The highest BCUT2D eigenvalue weighted by Crippen LogP contribution is 2.48. The maximum absolute atomic E-state index is 12.0. The van der Waals surface area contributed by atoms with Gasteiger partial charge in [-0.1, -0.05) is 6.92 Å². The number of hydrogen-bond acceptors (Lipinski definition) is 5. The average molecular weight is 290 g/mol. The molecule has 5 nitrogen and oxygen atoms in total. The molecule has 0 saturated carbocycles. The molecule has 1 fully saturated rings. The molecule has 1 unspecified atom stereocenters. The Labute approximate surface area is 124 Å². The normalized spacial score (nSPS) is 26.0. The van der Waals surface area contributed by atoms with Gasteiger partial charge in [0.1, 0.15) is 5.92 Å². The van der Waals surface area contributed by atoms with Crippen molar-refractivity contribution in [3.8, 4) is 12.1 Å². The smallest absolute Gasteiger partial charge is 0.243 e. The van der Waals surface area contributed by atoms with Crippen LogP contribution in [-0.4, -0.2) is 30.4 Å². The molecule has 0 aromatic carbocycles. The van der Waals surface area contributed by atoms with Crippen LogP contribution in [-0.2, 0) is 4.79 Å². The lowest BCUT2D eigenvalue weighted by atomic mass is 9.63. The average Bonchev–Trinajstić information content (AvgIpc) is 2.42. The lowest BCUT2D eigenvalue weighted by molar-refractivity contribution is -0.127. The molecule has 0 aromatic rings. The predicted molar refractivity (Wildman–Crippen MR) is 77.3 cm³/mol. The fourth-order valence-electron chi connectivity index (χ4n) is 3.26. The second kappa shape index (κ2) is 5.87. The Morgan fingerprint density at radius 3 is 2.60 bits per heavy atom. The quantitative estimate of drug-likeness (QED) is 0.754. The second-order valence-corrected chi connectivity index (χ2v) is 5.83. The van der Waals surface area contributed by atoms with Crippen LogP contribution in [0.3, 0.4) is 0 Å². The van der Waals surface area contributed by atoms with Crippen molar-refractivity contribution >= 4 is 18.5 Å². The molecule has 1 amide bonds. The van der Waals surface area contributed by atoms with Gasteiger partial charge in [0, 0.05) is 5.41 Å². The molecule has 2 rings (SSSR count). The minimum atomic E-state index is -0.795. The summed E-state index contributed by atoms with van der Waals surface area (Å²) < 4.78 is 0. The van der Waals surface area contributed by atoms with Crippen LogP contribution >= 0.6 is 12.6 Å². The number of likely N-dealkylation sites (tertiary alicyclic amines) is 1. The van der Waals surface area contributed by atoms with Crippen LogP contribution in [0.2, 0.25) is 0 Å². The molecule has 0 aliphatic carbocycles. The van der Waals surface area contributed by atoms with Crippen LogP contribution in [0.15, 0.2) is 10.6 Å². The van der Waals surface area contributed by atoms with Gasteiger partial charge in [-0.3, -0.25) is 4.79 Å². The molecular formula is C14H18N4OS. The number of thiol groups is 1. The monoisotopic (exact) mass is 290 g/mol. The van der Waals surface area contributed by atoms with Crippen molar-refractivity contribution in [2.45, 2.75) is 26.2 Å². The van der Waals surface area contributed by atoms with Gasteiger partial charge in [0.2, 0.25) is 5.91 Å². The van der Waals surface area contributed by atoms with Gasteiger partial charge < -0.3 is 10.2 Å². The standard InChI is InChI=1S/C14H18N4OS/c1-2-5-18-6-3-14(4-7-18)10(8-15)12(19)17-13(20)11(14)9-16/h10,20H,2-7H2,1H3,(H,17,19). The topological polar surface area (TPSA) is 79.9 Å². The molecule has 2 heterocycles. The van der Waals surface area contributed by atoms with Crippen molar-refractivity contribution in [1.82, 2.24) is 10.2 Å². The summed E-state index contributed by atoms with van der Waals surface area (Å²) in [5.41, 5.74) is -0.198. The van der Waals surface area contributed by atoms with Crippen LogP contribution < -0.4 is 5.32 Å². The summed E-state index contributed by atoms with van der Waals surface area (Å²) in [5, 5.41) is 21.6. The summed E-state index contributed by atoms with van der Waals surface area (Å²) in [4.78, 5) is 14.4. The van der Waals surface area contributed by atoms with E-state index in [2.05, 4.69) is 41.9 Å². The van der Waals surface area contributed by atoms with E-state index < -0.39 is 11.3 Å². The maximum Gasteiger partial charge on any atom is 0.243 e. The fraction of sp³-hybridized carbons (Fsp3) is 0.643. The van der Waals surface area contributed by atoms with Crippen molar-refractivity contribution in [2.75, 3.05) is 19.6 Å². The van der Waals surface area contributed by atoms with E-state index in [0.717, 1.165) is 26.1 Å². The van der Waals surface area contributed by atoms with E-state index in [0.29, 0.717) is 23.4 Å². The van der Waals surface area contributed by atoms with Crippen molar-refractivity contribution < 1.29 is 4.79 Å². The number of rotatable bonds is 2. The first-order valence-corrected chi connectivity index (χ1v) is 7.30. The highest BCUT2D eigenvalue weighted by molar-refractivity contribution is 7.84. The highest BCUT2D eigenvalue weighted by atomic mass is 32.1. The van der Waals surface area contributed by atoms with Gasteiger partial charge in [-0.25, -0.2) is 0 Å². The van der Waals surface area contributed by atoms with Crippen molar-refractivity contribution in [3.63, 3.8) is 0 Å². The summed E-state index contributed by atoms with van der Waals surface area (Å²) in [6.45, 7) is 4.76. The van der Waals surface area contributed by atoms with Gasteiger partial charge in [0.25, 0.3) is 0 Å². The first kappa shape index (κ1) is 14.9. The third kappa shape index (κ3) is 2.30. The van der Waals surface area contributed by atoms with Crippen LogP contribution in [0, 0.1) is 34.0 Å². The van der Waals surface area contributed by atoms with Gasteiger partial charge in [-0.15, -0.1) is 12.6 Å². The summed E-state index contributed by atoms with van der Waals surface area (Å²) in [5.74, 6) is -1.13. The third-order valence-corrected chi connectivity index (χ3v) is 4.66. The molecule has 106 valence electrons. The Kier molecular flexibility index (Phi) is 4.37. The SMILES string of the molecule is CCCN1CCC2(CC1)C(C#N)=C(S)NC(=O)C2C#N. The molecule has 20 heavy (non-hydrogen) atoms. The molecular weight excluding hydrogens is 272 g/mol. The molecule has 2 aliphatic heterocycles. The van der Waals surface area contributed by atoms with E-state index in [1.165, 1.54) is 0 Å². The fourth-order valence-corrected chi connectivity index (χ4v) is 3.64. The van der Waals surface area contributed by atoms with E-state index in [4.69, 9.17) is 0 Å². The minimum Gasteiger partial charge on any atom is -0.319 e. The number of piperidine rings is 1. The lowest BCUT2D eigenvalue weighted by Crippen LogP contribution is -2.52. The zero-order valence-electron chi connectivity index (χ0n) is 11.5. The summed E-state index contributed by atoms with van der Waals surface area (Å²) >= 11 is 4.23. The summed E-state index contributed by atoms with van der Waals surface area (Å²) in [6, 6.07) is 4.26. The molecule has 0 radical (unpaired) electrons. The van der Waals surface area contributed by atoms with E-state index in [1.54, 1.807) is 0 Å². The number of nitrogens with zero attached hydrogens (tertiary/aromatic N) is 3. The molecule has 1 spiro atoms. The molecule has 0 aromatic heterocycles. The number of amides is 1. The van der Waals surface area contributed by atoms with E-state index in [9.17, 15) is 15.3 Å². The Morgan fingerprint density at radius 1 is 1.45 bits per heavy atom. The highest BCUT2D eigenvalue weighted by Gasteiger charge is 2.51. The van der Waals surface area contributed by atoms with Gasteiger partial charge in [0.05, 0.1) is 22.7 Å². The first-order chi connectivity index (χ1) is 9.58. The third-order valence-electron chi connectivity index (χ3n) is 4.32. The minimum absolute atomic E-state index is 0.313. The Morgan fingerprint density at radius 2 is 2.10 bits per heavy atom. The molecule has 1 saturated heterocycles. The van der Waals surface area contributed by atoms with Crippen molar-refractivity contribution in [3.05, 3.63) is 10.6 Å². The zero-order chi connectivity index (χ0) is 14.8. The maximum atomic E-state index is 12.0. The van der Waals surface area contributed by atoms with E-state index in [-0.39, 0.29) is 5.91 Å². The van der Waals surface area contributed by atoms with Crippen LogP contribution in [0.4, 0.5) is 0 Å². The van der Waals surface area contributed by atoms with E-state index in [1.807, 2.05) is 0 Å². The Bertz CT molecular complexity index is 520. The number of nitrogens with one attached hydrogen (secondary N) is 1. The van der Waals surface area contributed by atoms with Gasteiger partial charge in [-0.2, -0.15) is 10.5 Å². The molecule has 2 aliphatic rings. The van der Waals surface area contributed by atoms with Crippen LogP contribution in [0.25, 0.3) is 0 Å². The van der Waals surface area contributed by atoms with Crippen LogP contribution in [0.1, 0.15) is 26.2 Å². The van der Waals surface area contributed by atoms with Crippen LogP contribution in [0.5, 0.6) is 0 Å².